The SMILES string of the molecule is CCNS(=O)(=O)CCNC(=O)Cn1cnc(N)n1. The summed E-state index contributed by atoms with van der Waals surface area (Å²) in [4.78, 5) is 15.1. The number of nitrogens with two attached hydrogens (primary N) is 1. The lowest BCUT2D eigenvalue weighted by Crippen LogP contribution is -2.35. The van der Waals surface area contributed by atoms with Crippen molar-refractivity contribution >= 4 is 21.9 Å². The molecular weight excluding hydrogens is 260 g/mol. The summed E-state index contributed by atoms with van der Waals surface area (Å²) in [6, 6.07) is 0. The van der Waals surface area contributed by atoms with Gasteiger partial charge in [-0.25, -0.2) is 22.8 Å². The van der Waals surface area contributed by atoms with Crippen LogP contribution in [0, 0.1) is 0 Å². The molecule has 0 aliphatic heterocycles. The molecule has 10 heteroatoms. The lowest BCUT2D eigenvalue weighted by atomic mass is 10.5. The molecule has 0 unspecified atom stereocenters. The summed E-state index contributed by atoms with van der Waals surface area (Å²) in [6.45, 7) is 2.00. The summed E-state index contributed by atoms with van der Waals surface area (Å²) < 4.78 is 26.1. The Balaban J connectivity index is 2.30. The van der Waals surface area contributed by atoms with Crippen molar-refractivity contribution < 1.29 is 13.2 Å². The van der Waals surface area contributed by atoms with E-state index in [0.29, 0.717) is 6.54 Å². The van der Waals surface area contributed by atoms with Gasteiger partial charge in [0.05, 0.1) is 5.75 Å². The zero-order chi connectivity index (χ0) is 13.6. The predicted molar refractivity (Wildman–Crippen MR) is 64.9 cm³/mol. The third kappa shape index (κ3) is 5.10. The molecule has 1 heterocycles. The molecule has 0 atom stereocenters. The van der Waals surface area contributed by atoms with Gasteiger partial charge < -0.3 is 11.1 Å². The van der Waals surface area contributed by atoms with E-state index in [1.165, 1.54) is 11.0 Å². The van der Waals surface area contributed by atoms with E-state index in [1.54, 1.807) is 6.92 Å². The zero-order valence-electron chi connectivity index (χ0n) is 9.96. The molecule has 1 amide bonds. The molecule has 4 N–H and O–H groups in total. The second-order valence-electron chi connectivity index (χ2n) is 3.47. The van der Waals surface area contributed by atoms with Crippen LogP contribution >= 0.6 is 0 Å². The van der Waals surface area contributed by atoms with Gasteiger partial charge in [-0.2, -0.15) is 0 Å². The van der Waals surface area contributed by atoms with Crippen molar-refractivity contribution in [1.82, 2.24) is 24.8 Å². The Kier molecular flexibility index (Phi) is 5.04. The van der Waals surface area contributed by atoms with E-state index in [-0.39, 0.29) is 30.7 Å². The Labute approximate surface area is 105 Å². The van der Waals surface area contributed by atoms with E-state index in [0.717, 1.165) is 0 Å². The minimum Gasteiger partial charge on any atom is -0.367 e. The van der Waals surface area contributed by atoms with E-state index in [4.69, 9.17) is 5.73 Å². The van der Waals surface area contributed by atoms with Crippen molar-refractivity contribution in [1.29, 1.82) is 0 Å². The van der Waals surface area contributed by atoms with Gasteiger partial charge in [0.25, 0.3) is 0 Å². The minimum absolute atomic E-state index is 0.0400. The maximum absolute atomic E-state index is 11.4. The molecule has 1 aromatic rings. The maximum Gasteiger partial charge on any atom is 0.241 e. The van der Waals surface area contributed by atoms with Gasteiger partial charge in [0, 0.05) is 13.1 Å². The van der Waals surface area contributed by atoms with Gasteiger partial charge in [0.1, 0.15) is 12.9 Å². The van der Waals surface area contributed by atoms with Crippen molar-refractivity contribution in [2.24, 2.45) is 0 Å². The maximum atomic E-state index is 11.4. The van der Waals surface area contributed by atoms with Gasteiger partial charge in [0.15, 0.2) is 0 Å². The van der Waals surface area contributed by atoms with Crippen LogP contribution in [-0.2, 0) is 21.4 Å². The quantitative estimate of drug-likeness (QED) is 0.523. The van der Waals surface area contributed by atoms with Crippen molar-refractivity contribution in [3.8, 4) is 0 Å². The summed E-state index contributed by atoms with van der Waals surface area (Å²) in [7, 11) is -3.32. The van der Waals surface area contributed by atoms with Crippen molar-refractivity contribution in [2.75, 3.05) is 24.6 Å². The molecule has 0 bridgehead atoms. The Morgan fingerprint density at radius 1 is 1.56 bits per heavy atom. The molecule has 0 fully saturated rings. The van der Waals surface area contributed by atoms with Crippen LogP contribution < -0.4 is 15.8 Å². The number of carbonyl (C=O) groups excluding carboxylic acids is 1. The molecule has 0 aromatic carbocycles. The number of aromatic nitrogens is 3. The second-order valence-corrected chi connectivity index (χ2v) is 5.39. The number of hydrogen-bond acceptors (Lipinski definition) is 6. The lowest BCUT2D eigenvalue weighted by molar-refractivity contribution is -0.121. The molecular formula is C8H16N6O3S. The average Bonchev–Trinajstić information content (AvgIpc) is 2.63. The molecule has 1 aromatic heterocycles. The minimum atomic E-state index is -3.32. The predicted octanol–water partition coefficient (Wildman–Crippen LogP) is -2.08. The summed E-state index contributed by atoms with van der Waals surface area (Å²) in [5.74, 6) is -0.435. The van der Waals surface area contributed by atoms with E-state index < -0.39 is 10.0 Å². The van der Waals surface area contributed by atoms with Crippen LogP contribution in [0.1, 0.15) is 6.92 Å². The molecule has 9 nitrogen and oxygen atoms in total. The largest absolute Gasteiger partial charge is 0.367 e. The monoisotopic (exact) mass is 276 g/mol. The van der Waals surface area contributed by atoms with Gasteiger partial charge in [-0.05, 0) is 0 Å². The van der Waals surface area contributed by atoms with E-state index >= 15 is 0 Å². The molecule has 0 aliphatic rings. The molecule has 1 rings (SSSR count). The zero-order valence-corrected chi connectivity index (χ0v) is 10.8. The van der Waals surface area contributed by atoms with Crippen LogP contribution in [0.3, 0.4) is 0 Å². The highest BCUT2D eigenvalue weighted by atomic mass is 32.2. The Morgan fingerprint density at radius 3 is 2.83 bits per heavy atom. The van der Waals surface area contributed by atoms with Crippen LogP contribution in [-0.4, -0.2) is 47.9 Å². The standard InChI is InChI=1S/C8H16N6O3S/c1-2-12-18(16,17)4-3-10-7(15)5-14-6-11-8(9)13-14/h6,12H,2-5H2,1H3,(H2,9,13)(H,10,15). The fourth-order valence-corrected chi connectivity index (χ4v) is 2.16. The van der Waals surface area contributed by atoms with E-state index in [2.05, 4.69) is 20.1 Å². The van der Waals surface area contributed by atoms with Crippen LogP contribution in [0.4, 0.5) is 5.95 Å². The van der Waals surface area contributed by atoms with Crippen LogP contribution in [0.2, 0.25) is 0 Å². The van der Waals surface area contributed by atoms with Gasteiger partial charge in [-0.15, -0.1) is 5.10 Å². The molecule has 0 aliphatic carbocycles. The third-order valence-corrected chi connectivity index (χ3v) is 3.39. The summed E-state index contributed by atoms with van der Waals surface area (Å²) >= 11 is 0. The molecule has 0 saturated carbocycles. The topological polar surface area (TPSA) is 132 Å². The number of rotatable bonds is 7. The number of sulfonamides is 1. The number of hydrogen-bond donors (Lipinski definition) is 3. The number of amides is 1. The smallest absolute Gasteiger partial charge is 0.241 e. The Bertz CT molecular complexity index is 497. The van der Waals surface area contributed by atoms with Crippen LogP contribution in [0.25, 0.3) is 0 Å². The Hall–Kier alpha value is -1.68. The van der Waals surface area contributed by atoms with Crippen LogP contribution in [0.5, 0.6) is 0 Å². The fourth-order valence-electron chi connectivity index (χ4n) is 1.21. The molecule has 0 spiro atoms. The van der Waals surface area contributed by atoms with Gasteiger partial charge in [-0.3, -0.25) is 4.79 Å². The molecule has 0 radical (unpaired) electrons. The fraction of sp³-hybridized carbons (Fsp3) is 0.625. The first-order chi connectivity index (χ1) is 8.43. The first-order valence-corrected chi connectivity index (χ1v) is 6.97. The number of nitrogen functional groups attached to an aromatic ring is 1. The molecule has 0 saturated heterocycles. The van der Waals surface area contributed by atoms with Crippen molar-refractivity contribution in [3.05, 3.63) is 6.33 Å². The Morgan fingerprint density at radius 2 is 2.28 bits per heavy atom. The number of nitrogens with one attached hydrogen (secondary N) is 2. The highest BCUT2D eigenvalue weighted by molar-refractivity contribution is 7.89. The summed E-state index contributed by atoms with van der Waals surface area (Å²) in [5, 5.41) is 6.20. The first kappa shape index (κ1) is 14.4. The van der Waals surface area contributed by atoms with Gasteiger partial charge in [-0.1, -0.05) is 6.92 Å². The van der Waals surface area contributed by atoms with E-state index in [9.17, 15) is 13.2 Å². The van der Waals surface area contributed by atoms with E-state index in [1.807, 2.05) is 0 Å². The second kappa shape index (κ2) is 6.31. The lowest BCUT2D eigenvalue weighted by Gasteiger charge is -2.06. The highest BCUT2D eigenvalue weighted by Gasteiger charge is 2.09. The van der Waals surface area contributed by atoms with Gasteiger partial charge in [0.2, 0.25) is 21.9 Å². The van der Waals surface area contributed by atoms with Crippen molar-refractivity contribution in [3.63, 3.8) is 0 Å². The van der Waals surface area contributed by atoms with Gasteiger partial charge >= 0.3 is 0 Å². The normalized spacial score (nSPS) is 11.4. The highest BCUT2D eigenvalue weighted by Crippen LogP contribution is 1.89. The summed E-state index contributed by atoms with van der Waals surface area (Å²) in [5.41, 5.74) is 5.28. The third-order valence-electron chi connectivity index (χ3n) is 1.92. The average molecular weight is 276 g/mol. The number of nitrogens with zero attached hydrogens (tertiary/aromatic N) is 3. The van der Waals surface area contributed by atoms with Crippen molar-refractivity contribution in [2.45, 2.75) is 13.5 Å². The molecule has 102 valence electrons. The number of anilines is 1. The summed E-state index contributed by atoms with van der Waals surface area (Å²) in [6.07, 6.45) is 1.32. The number of carbonyl (C=O) groups is 1. The molecule has 18 heavy (non-hydrogen) atoms. The first-order valence-electron chi connectivity index (χ1n) is 5.32. The van der Waals surface area contributed by atoms with Crippen LogP contribution in [0.15, 0.2) is 6.33 Å².